The summed E-state index contributed by atoms with van der Waals surface area (Å²) in [5, 5.41) is 0. The number of nitrogens with zero attached hydrogens (tertiary/aromatic N) is 3. The second kappa shape index (κ2) is 7.90. The van der Waals surface area contributed by atoms with Crippen LogP contribution in [0.3, 0.4) is 0 Å². The van der Waals surface area contributed by atoms with Gasteiger partial charge in [0.2, 0.25) is 0 Å². The highest BCUT2D eigenvalue weighted by Crippen LogP contribution is 2.35. The Bertz CT molecular complexity index is 957. The largest absolute Gasteiger partial charge is 0.496 e. The van der Waals surface area contributed by atoms with E-state index in [1.54, 1.807) is 27.6 Å². The first-order valence-electron chi connectivity index (χ1n) is 9.11. The van der Waals surface area contributed by atoms with Crippen molar-refractivity contribution in [3.63, 3.8) is 0 Å². The molecule has 0 radical (unpaired) electrons. The summed E-state index contributed by atoms with van der Waals surface area (Å²) in [4.78, 5) is 11.5. The Morgan fingerprint density at radius 1 is 1.07 bits per heavy atom. The molecule has 0 amide bonds. The molecule has 3 aromatic rings. The number of furan rings is 1. The molecule has 1 aliphatic rings. The molecule has 1 aliphatic heterocycles. The van der Waals surface area contributed by atoms with Crippen molar-refractivity contribution in [3.05, 3.63) is 53.5 Å². The van der Waals surface area contributed by atoms with Crippen LogP contribution in [0.2, 0.25) is 0 Å². The molecule has 0 aliphatic carbocycles. The Morgan fingerprint density at radius 2 is 1.86 bits per heavy atom. The van der Waals surface area contributed by atoms with Crippen molar-refractivity contribution in [2.75, 3.05) is 27.9 Å². The van der Waals surface area contributed by atoms with Gasteiger partial charge in [-0.3, -0.25) is 4.90 Å². The van der Waals surface area contributed by atoms with Crippen LogP contribution in [0.15, 0.2) is 41.1 Å². The predicted molar refractivity (Wildman–Crippen MR) is 104 cm³/mol. The molecule has 4 rings (SSSR count). The molecule has 7 heteroatoms. The maximum atomic E-state index is 5.56. The number of hydrogen-bond donors (Lipinski definition) is 0. The van der Waals surface area contributed by atoms with Gasteiger partial charge in [0.15, 0.2) is 23.1 Å². The summed E-state index contributed by atoms with van der Waals surface area (Å²) < 4.78 is 21.8. The third-order valence-corrected chi connectivity index (χ3v) is 4.94. The van der Waals surface area contributed by atoms with Gasteiger partial charge in [-0.2, -0.15) is 0 Å². The lowest BCUT2D eigenvalue weighted by molar-refractivity contribution is 0.238. The normalized spacial score (nSPS) is 13.8. The Morgan fingerprint density at radius 3 is 2.57 bits per heavy atom. The average Bonchev–Trinajstić information content (AvgIpc) is 3.28. The number of benzene rings is 1. The molecule has 7 nitrogen and oxygen atoms in total. The van der Waals surface area contributed by atoms with E-state index < -0.39 is 0 Å². The van der Waals surface area contributed by atoms with E-state index >= 15 is 0 Å². The number of fused-ring (bicyclic) bond motifs is 1. The van der Waals surface area contributed by atoms with Gasteiger partial charge in [0.1, 0.15) is 5.75 Å². The fourth-order valence-corrected chi connectivity index (χ4v) is 3.49. The van der Waals surface area contributed by atoms with E-state index in [1.165, 1.54) is 0 Å². The summed E-state index contributed by atoms with van der Waals surface area (Å²) in [6.07, 6.45) is 4.40. The highest BCUT2D eigenvalue weighted by molar-refractivity contribution is 5.51. The SMILES string of the molecule is COc1cc(OC)c(OC)cc1CN1CCc2nc(-c3ccco3)ncc2C1. The second-order valence-corrected chi connectivity index (χ2v) is 6.62. The van der Waals surface area contributed by atoms with Gasteiger partial charge in [-0.1, -0.05) is 0 Å². The number of hydrogen-bond acceptors (Lipinski definition) is 7. The highest BCUT2D eigenvalue weighted by atomic mass is 16.5. The zero-order valence-electron chi connectivity index (χ0n) is 16.3. The first-order chi connectivity index (χ1) is 13.7. The van der Waals surface area contributed by atoms with Gasteiger partial charge in [0.05, 0.1) is 33.3 Å². The number of ether oxygens (including phenoxy) is 3. The molecule has 0 saturated carbocycles. The Labute approximate surface area is 163 Å². The van der Waals surface area contributed by atoms with E-state index in [4.69, 9.17) is 18.6 Å². The van der Waals surface area contributed by atoms with Crippen LogP contribution in [0.4, 0.5) is 0 Å². The lowest BCUT2D eigenvalue weighted by Crippen LogP contribution is -2.31. The second-order valence-electron chi connectivity index (χ2n) is 6.62. The van der Waals surface area contributed by atoms with E-state index in [-0.39, 0.29) is 0 Å². The number of rotatable bonds is 6. The third kappa shape index (κ3) is 3.53. The molecular weight excluding hydrogens is 358 g/mol. The summed E-state index contributed by atoms with van der Waals surface area (Å²) in [5.74, 6) is 3.47. The summed E-state index contributed by atoms with van der Waals surface area (Å²) in [6, 6.07) is 7.56. The smallest absolute Gasteiger partial charge is 0.195 e. The van der Waals surface area contributed by atoms with Crippen LogP contribution in [0.5, 0.6) is 17.2 Å². The maximum absolute atomic E-state index is 5.56. The zero-order chi connectivity index (χ0) is 19.5. The Balaban J connectivity index is 1.54. The van der Waals surface area contributed by atoms with Gasteiger partial charge in [0.25, 0.3) is 0 Å². The monoisotopic (exact) mass is 381 g/mol. The molecule has 3 heterocycles. The van der Waals surface area contributed by atoms with E-state index in [2.05, 4.69) is 14.9 Å². The van der Waals surface area contributed by atoms with Crippen molar-refractivity contribution in [2.24, 2.45) is 0 Å². The van der Waals surface area contributed by atoms with Gasteiger partial charge in [0, 0.05) is 49.4 Å². The van der Waals surface area contributed by atoms with Crippen LogP contribution in [0.25, 0.3) is 11.6 Å². The highest BCUT2D eigenvalue weighted by Gasteiger charge is 2.21. The van der Waals surface area contributed by atoms with E-state index in [0.29, 0.717) is 23.1 Å². The van der Waals surface area contributed by atoms with Crippen LogP contribution >= 0.6 is 0 Å². The van der Waals surface area contributed by atoms with Crippen LogP contribution in [0, 0.1) is 0 Å². The average molecular weight is 381 g/mol. The molecule has 0 bridgehead atoms. The molecule has 0 spiro atoms. The van der Waals surface area contributed by atoms with Crippen molar-refractivity contribution < 1.29 is 18.6 Å². The van der Waals surface area contributed by atoms with Crippen molar-refractivity contribution in [2.45, 2.75) is 19.5 Å². The van der Waals surface area contributed by atoms with Crippen molar-refractivity contribution >= 4 is 0 Å². The third-order valence-electron chi connectivity index (χ3n) is 4.94. The summed E-state index contributed by atoms with van der Waals surface area (Å²) in [6.45, 7) is 2.42. The lowest BCUT2D eigenvalue weighted by atomic mass is 10.1. The summed E-state index contributed by atoms with van der Waals surface area (Å²) >= 11 is 0. The molecule has 0 fully saturated rings. The van der Waals surface area contributed by atoms with Gasteiger partial charge in [-0.25, -0.2) is 9.97 Å². The van der Waals surface area contributed by atoms with Gasteiger partial charge in [-0.05, 0) is 18.2 Å². The Kier molecular flexibility index (Phi) is 5.16. The predicted octanol–water partition coefficient (Wildman–Crippen LogP) is 3.32. The maximum Gasteiger partial charge on any atom is 0.195 e. The van der Waals surface area contributed by atoms with Crippen LogP contribution in [-0.4, -0.2) is 42.7 Å². The minimum absolute atomic E-state index is 0.638. The van der Waals surface area contributed by atoms with Crippen molar-refractivity contribution in [1.82, 2.24) is 14.9 Å². The minimum atomic E-state index is 0.638. The molecular formula is C21H23N3O4. The topological polar surface area (TPSA) is 69.8 Å². The Hall–Kier alpha value is -3.06. The molecule has 0 unspecified atom stereocenters. The fraction of sp³-hybridized carbons (Fsp3) is 0.333. The molecule has 2 aromatic heterocycles. The molecule has 0 atom stereocenters. The quantitative estimate of drug-likeness (QED) is 0.649. The first kappa shape index (κ1) is 18.3. The van der Waals surface area contributed by atoms with E-state index in [1.807, 2.05) is 30.5 Å². The number of methoxy groups -OCH3 is 3. The van der Waals surface area contributed by atoms with Gasteiger partial charge < -0.3 is 18.6 Å². The lowest BCUT2D eigenvalue weighted by Gasteiger charge is -2.28. The van der Waals surface area contributed by atoms with E-state index in [9.17, 15) is 0 Å². The summed E-state index contributed by atoms with van der Waals surface area (Å²) in [7, 11) is 4.93. The van der Waals surface area contributed by atoms with Gasteiger partial charge in [-0.15, -0.1) is 0 Å². The standard InChI is InChI=1S/C21H23N3O4/c1-25-18-10-20(27-3)19(26-2)9-14(18)12-24-7-6-16-15(13-24)11-22-21(23-16)17-5-4-8-28-17/h4-5,8-11H,6-7,12-13H2,1-3H3. The summed E-state index contributed by atoms with van der Waals surface area (Å²) in [5.41, 5.74) is 3.27. The van der Waals surface area contributed by atoms with Crippen molar-refractivity contribution in [3.8, 4) is 28.8 Å². The van der Waals surface area contributed by atoms with Crippen LogP contribution < -0.4 is 14.2 Å². The first-order valence-corrected chi connectivity index (χ1v) is 9.11. The van der Waals surface area contributed by atoms with Gasteiger partial charge >= 0.3 is 0 Å². The van der Waals surface area contributed by atoms with Crippen LogP contribution in [-0.2, 0) is 19.5 Å². The van der Waals surface area contributed by atoms with Crippen LogP contribution in [0.1, 0.15) is 16.8 Å². The zero-order valence-corrected chi connectivity index (χ0v) is 16.3. The molecule has 1 aromatic carbocycles. The van der Waals surface area contributed by atoms with E-state index in [0.717, 1.165) is 48.6 Å². The molecule has 0 saturated heterocycles. The molecule has 28 heavy (non-hydrogen) atoms. The number of aromatic nitrogens is 2. The molecule has 146 valence electrons. The fourth-order valence-electron chi connectivity index (χ4n) is 3.49. The molecule has 0 N–H and O–H groups in total. The minimum Gasteiger partial charge on any atom is -0.496 e. The van der Waals surface area contributed by atoms with Crippen molar-refractivity contribution in [1.29, 1.82) is 0 Å².